The topological polar surface area (TPSA) is 61.9 Å². The molecule has 1 fully saturated rings. The van der Waals surface area contributed by atoms with Crippen LogP contribution in [0.3, 0.4) is 0 Å². The zero-order chi connectivity index (χ0) is 30.4. The van der Waals surface area contributed by atoms with Crippen molar-refractivity contribution in [3.05, 3.63) is 93.0 Å². The summed E-state index contributed by atoms with van der Waals surface area (Å²) in [5.41, 5.74) is 4.14. The largest absolute Gasteiger partial charge is 0.489 e. The molecule has 0 unspecified atom stereocenters. The maximum atomic E-state index is 6.46. The Hall–Kier alpha value is -2.40. The molecule has 0 spiro atoms. The molecule has 3 aromatic carbocycles. The van der Waals surface area contributed by atoms with Gasteiger partial charge in [0, 0.05) is 60.4 Å². The van der Waals surface area contributed by atoms with Gasteiger partial charge in [-0.25, -0.2) is 0 Å². The summed E-state index contributed by atoms with van der Waals surface area (Å²) in [5.74, 6) is 1.59. The lowest BCUT2D eigenvalue weighted by molar-refractivity contribution is 0.00606. The van der Waals surface area contributed by atoms with Crippen LogP contribution in [0.1, 0.15) is 22.3 Å². The van der Waals surface area contributed by atoms with Crippen LogP contribution in [0.4, 0.5) is 0 Å². The molecule has 0 aliphatic carbocycles. The van der Waals surface area contributed by atoms with E-state index >= 15 is 0 Å². The van der Waals surface area contributed by atoms with Gasteiger partial charge in [-0.3, -0.25) is 9.80 Å². The van der Waals surface area contributed by atoms with Gasteiger partial charge in [0.1, 0.15) is 24.7 Å². The van der Waals surface area contributed by atoms with Crippen LogP contribution in [0.25, 0.3) is 0 Å². The Labute approximate surface area is 270 Å². The van der Waals surface area contributed by atoms with Crippen molar-refractivity contribution in [1.82, 2.24) is 9.80 Å². The summed E-state index contributed by atoms with van der Waals surface area (Å²) in [6, 6.07) is 19.8. The smallest absolute Gasteiger partial charge is 0.124 e. The molecule has 0 amide bonds. The number of fused-ring (bicyclic) bond motifs is 16. The van der Waals surface area contributed by atoms with Crippen molar-refractivity contribution in [1.29, 1.82) is 0 Å². The van der Waals surface area contributed by atoms with Gasteiger partial charge in [-0.15, -0.1) is 0 Å². The van der Waals surface area contributed by atoms with Crippen molar-refractivity contribution in [2.45, 2.75) is 26.3 Å². The van der Waals surface area contributed by atoms with Gasteiger partial charge >= 0.3 is 0 Å². The number of benzene rings is 3. The van der Waals surface area contributed by atoms with Crippen LogP contribution >= 0.6 is 23.2 Å². The highest BCUT2D eigenvalue weighted by atomic mass is 35.5. The lowest BCUT2D eigenvalue weighted by Crippen LogP contribution is -2.33. The summed E-state index contributed by atoms with van der Waals surface area (Å²) in [7, 11) is 0. The first-order valence-corrected chi connectivity index (χ1v) is 16.0. The minimum Gasteiger partial charge on any atom is -0.489 e. The average molecular weight is 646 g/mol. The van der Waals surface area contributed by atoms with Gasteiger partial charge in [-0.1, -0.05) is 47.5 Å². The molecule has 3 heterocycles. The summed E-state index contributed by atoms with van der Waals surface area (Å²) >= 11 is 12.9. The van der Waals surface area contributed by atoms with Gasteiger partial charge < -0.3 is 28.4 Å². The van der Waals surface area contributed by atoms with E-state index in [1.807, 2.05) is 48.5 Å². The average Bonchev–Trinajstić information content (AvgIpc) is 3.02. The molecular formula is C34H42Cl2N2O6. The van der Waals surface area contributed by atoms with Gasteiger partial charge in [-0.2, -0.15) is 0 Å². The van der Waals surface area contributed by atoms with Crippen LogP contribution < -0.4 is 9.47 Å². The molecule has 238 valence electrons. The molecule has 0 aromatic heterocycles. The third-order valence-electron chi connectivity index (χ3n) is 7.67. The van der Waals surface area contributed by atoms with Crippen LogP contribution in [0.2, 0.25) is 10.0 Å². The first-order chi connectivity index (χ1) is 21.6. The maximum Gasteiger partial charge on any atom is 0.124 e. The van der Waals surface area contributed by atoms with E-state index in [0.29, 0.717) is 89.2 Å². The second-order valence-corrected chi connectivity index (χ2v) is 11.7. The maximum absolute atomic E-state index is 6.46. The van der Waals surface area contributed by atoms with Crippen molar-refractivity contribution in [3.63, 3.8) is 0 Å². The Bertz CT molecular complexity index is 1190. The van der Waals surface area contributed by atoms with E-state index in [1.165, 1.54) is 0 Å². The number of nitrogens with zero attached hydrogens (tertiary/aromatic N) is 2. The van der Waals surface area contributed by atoms with Crippen LogP contribution in [-0.4, -0.2) is 88.8 Å². The number of hydrogen-bond acceptors (Lipinski definition) is 8. The molecular weight excluding hydrogens is 603 g/mol. The highest BCUT2D eigenvalue weighted by Gasteiger charge is 2.16. The van der Waals surface area contributed by atoms with Gasteiger partial charge in [0.25, 0.3) is 0 Å². The fourth-order valence-electron chi connectivity index (χ4n) is 5.22. The zero-order valence-electron chi connectivity index (χ0n) is 25.2. The molecule has 3 aliphatic heterocycles. The normalized spacial score (nSPS) is 21.8. The van der Waals surface area contributed by atoms with Gasteiger partial charge in [-0.05, 0) is 47.5 Å². The highest BCUT2D eigenvalue weighted by Crippen LogP contribution is 2.28. The SMILES string of the molecule is Clc1ccc2c(c1)CN1CCOCCOCCN(CCOCCOCC1)Cc1cc(Cl)ccc1OCc1ccccc1CO2. The Balaban J connectivity index is 1.45. The van der Waals surface area contributed by atoms with E-state index < -0.39 is 0 Å². The second kappa shape index (κ2) is 17.9. The molecule has 3 aromatic rings. The van der Waals surface area contributed by atoms with E-state index in [4.69, 9.17) is 51.6 Å². The lowest BCUT2D eigenvalue weighted by atomic mass is 10.1. The minimum absolute atomic E-state index is 0.404. The third kappa shape index (κ3) is 10.6. The standard InChI is InChI=1S/C34H42Cl2N2O6/c35-31-5-7-33-29(21-31)23-37-9-13-39-17-19-41-15-11-38(12-16-42-20-18-40-14-10-37)24-30-22-32(36)6-8-34(30)44-26-28-4-2-1-3-27(28)25-43-33/h1-8,21-22H,9-20,23-26H2. The van der Waals surface area contributed by atoms with Crippen LogP contribution in [0.5, 0.6) is 11.5 Å². The van der Waals surface area contributed by atoms with Crippen LogP contribution in [-0.2, 0) is 45.3 Å². The summed E-state index contributed by atoms with van der Waals surface area (Å²) in [6.45, 7) is 9.52. The summed E-state index contributed by atoms with van der Waals surface area (Å²) < 4.78 is 36.7. The van der Waals surface area contributed by atoms with Crippen molar-refractivity contribution < 1.29 is 28.4 Å². The molecule has 1 saturated heterocycles. The predicted molar refractivity (Wildman–Crippen MR) is 172 cm³/mol. The number of hydrogen-bond donors (Lipinski definition) is 0. The summed E-state index contributed by atoms with van der Waals surface area (Å²) in [4.78, 5) is 4.61. The van der Waals surface area contributed by atoms with E-state index in [1.54, 1.807) is 0 Å². The monoisotopic (exact) mass is 644 g/mol. The van der Waals surface area contributed by atoms with Crippen LogP contribution in [0, 0.1) is 0 Å². The Morgan fingerprint density at radius 3 is 1.23 bits per heavy atom. The molecule has 0 radical (unpaired) electrons. The number of halogens is 2. The molecule has 2 bridgehead atoms. The van der Waals surface area contributed by atoms with E-state index in [0.717, 1.165) is 59.9 Å². The molecule has 0 saturated carbocycles. The van der Waals surface area contributed by atoms with E-state index in [2.05, 4.69) is 21.9 Å². The predicted octanol–water partition coefficient (Wildman–Crippen LogP) is 5.85. The quantitative estimate of drug-likeness (QED) is 0.302. The molecule has 3 aliphatic rings. The molecule has 0 atom stereocenters. The van der Waals surface area contributed by atoms with Crippen LogP contribution in [0.15, 0.2) is 60.7 Å². The van der Waals surface area contributed by atoms with Gasteiger partial charge in [0.2, 0.25) is 0 Å². The highest BCUT2D eigenvalue weighted by molar-refractivity contribution is 6.31. The number of ether oxygens (including phenoxy) is 6. The first-order valence-electron chi connectivity index (χ1n) is 15.3. The van der Waals surface area contributed by atoms with Gasteiger partial charge in [0.05, 0.1) is 52.9 Å². The minimum atomic E-state index is 0.404. The molecule has 8 nitrogen and oxygen atoms in total. The molecule has 44 heavy (non-hydrogen) atoms. The second-order valence-electron chi connectivity index (χ2n) is 10.9. The van der Waals surface area contributed by atoms with Crippen molar-refractivity contribution >= 4 is 23.2 Å². The Morgan fingerprint density at radius 1 is 0.455 bits per heavy atom. The lowest BCUT2D eigenvalue weighted by Gasteiger charge is -2.25. The summed E-state index contributed by atoms with van der Waals surface area (Å²) in [5, 5.41) is 1.34. The van der Waals surface area contributed by atoms with Crippen molar-refractivity contribution in [2.75, 3.05) is 79.0 Å². The Morgan fingerprint density at radius 2 is 0.841 bits per heavy atom. The molecule has 6 rings (SSSR count). The fraction of sp³-hybridized carbons (Fsp3) is 0.471. The molecule has 0 N–H and O–H groups in total. The Kier molecular flexibility index (Phi) is 13.4. The number of rotatable bonds is 0. The zero-order valence-corrected chi connectivity index (χ0v) is 26.7. The van der Waals surface area contributed by atoms with E-state index in [9.17, 15) is 0 Å². The molecule has 10 heteroatoms. The van der Waals surface area contributed by atoms with Crippen molar-refractivity contribution in [2.24, 2.45) is 0 Å². The first kappa shape index (κ1) is 33.0. The van der Waals surface area contributed by atoms with Crippen molar-refractivity contribution in [3.8, 4) is 11.5 Å². The summed E-state index contributed by atoms with van der Waals surface area (Å²) in [6.07, 6.45) is 0. The van der Waals surface area contributed by atoms with Gasteiger partial charge in [0.15, 0.2) is 0 Å². The fourth-order valence-corrected chi connectivity index (χ4v) is 5.60. The van der Waals surface area contributed by atoms with E-state index in [-0.39, 0.29) is 0 Å². The third-order valence-corrected chi connectivity index (χ3v) is 8.14.